The molecule has 4 rings (SSSR count). The molecule has 2 aromatic rings. The molecule has 1 saturated heterocycles. The van der Waals surface area contributed by atoms with Gasteiger partial charge in [0.1, 0.15) is 12.4 Å². The minimum atomic E-state index is 0. The lowest BCUT2D eigenvalue weighted by Gasteiger charge is -2.38. The molecule has 2 aliphatic heterocycles. The summed E-state index contributed by atoms with van der Waals surface area (Å²) < 4.78 is 6.19. The predicted octanol–water partition coefficient (Wildman–Crippen LogP) is 4.74. The van der Waals surface area contributed by atoms with Crippen LogP contribution in [0.5, 0.6) is 5.75 Å². The van der Waals surface area contributed by atoms with Gasteiger partial charge in [-0.05, 0) is 56.1 Å². The van der Waals surface area contributed by atoms with Crippen molar-refractivity contribution in [3.05, 3.63) is 64.7 Å². The lowest BCUT2D eigenvalue weighted by atomic mass is 9.98. The van der Waals surface area contributed by atoms with Gasteiger partial charge >= 0.3 is 0 Å². The van der Waals surface area contributed by atoms with Gasteiger partial charge in [0.2, 0.25) is 0 Å². The maximum absolute atomic E-state index is 6.19. The molecule has 0 bridgehead atoms. The summed E-state index contributed by atoms with van der Waals surface area (Å²) in [7, 11) is 0. The number of piperidine rings is 1. The fourth-order valence-electron chi connectivity index (χ4n) is 4.02. The number of ether oxygens (including phenoxy) is 1. The van der Waals surface area contributed by atoms with Crippen molar-refractivity contribution in [3.63, 3.8) is 0 Å². The SMILES string of the molecule is Cl.Cl.Clc1ccc(C[C@H]2COc3ccccc3CN2C2CCNCC2)cc1. The summed E-state index contributed by atoms with van der Waals surface area (Å²) in [5, 5.41) is 4.28. The van der Waals surface area contributed by atoms with Gasteiger partial charge in [0.25, 0.3) is 0 Å². The Balaban J connectivity index is 0.00000131. The average Bonchev–Trinajstić information content (AvgIpc) is 2.84. The minimum absolute atomic E-state index is 0. The van der Waals surface area contributed by atoms with Crippen LogP contribution in [0.1, 0.15) is 24.0 Å². The Morgan fingerprint density at radius 2 is 1.70 bits per heavy atom. The van der Waals surface area contributed by atoms with Crippen LogP contribution in [0.3, 0.4) is 0 Å². The van der Waals surface area contributed by atoms with E-state index in [9.17, 15) is 0 Å². The number of nitrogens with zero attached hydrogens (tertiary/aromatic N) is 1. The van der Waals surface area contributed by atoms with Crippen molar-refractivity contribution in [2.45, 2.75) is 37.9 Å². The first-order chi connectivity index (χ1) is 12.3. The molecule has 0 amide bonds. The minimum Gasteiger partial charge on any atom is -0.492 e. The molecule has 2 aromatic carbocycles. The number of halogens is 3. The summed E-state index contributed by atoms with van der Waals surface area (Å²) >= 11 is 6.05. The fraction of sp³-hybridized carbons (Fsp3) is 0.429. The summed E-state index contributed by atoms with van der Waals surface area (Å²) in [6.07, 6.45) is 3.41. The average molecular weight is 430 g/mol. The number of hydrogen-bond donors (Lipinski definition) is 1. The van der Waals surface area contributed by atoms with E-state index in [2.05, 4.69) is 46.6 Å². The lowest BCUT2D eigenvalue weighted by molar-refractivity contribution is 0.0800. The van der Waals surface area contributed by atoms with E-state index in [0.29, 0.717) is 12.1 Å². The second-order valence-corrected chi connectivity index (χ2v) is 7.49. The van der Waals surface area contributed by atoms with E-state index in [-0.39, 0.29) is 24.8 Å². The van der Waals surface area contributed by atoms with Crippen molar-refractivity contribution in [3.8, 4) is 5.75 Å². The number of para-hydroxylation sites is 1. The Hall–Kier alpha value is -0.970. The highest BCUT2D eigenvalue weighted by Crippen LogP contribution is 2.29. The fourth-order valence-corrected chi connectivity index (χ4v) is 4.14. The van der Waals surface area contributed by atoms with Crippen molar-refractivity contribution in [1.82, 2.24) is 10.2 Å². The lowest BCUT2D eigenvalue weighted by Crippen LogP contribution is -2.49. The van der Waals surface area contributed by atoms with Gasteiger partial charge in [-0.1, -0.05) is 41.9 Å². The molecule has 1 fully saturated rings. The van der Waals surface area contributed by atoms with Gasteiger partial charge in [-0.15, -0.1) is 24.8 Å². The van der Waals surface area contributed by atoms with Crippen LogP contribution < -0.4 is 10.1 Å². The second-order valence-electron chi connectivity index (χ2n) is 7.06. The topological polar surface area (TPSA) is 24.5 Å². The van der Waals surface area contributed by atoms with Crippen molar-refractivity contribution in [2.24, 2.45) is 0 Å². The van der Waals surface area contributed by atoms with Crippen LogP contribution in [0.4, 0.5) is 0 Å². The zero-order chi connectivity index (χ0) is 17.1. The highest BCUT2D eigenvalue weighted by atomic mass is 35.5. The highest BCUT2D eigenvalue weighted by Gasteiger charge is 2.31. The molecule has 3 nitrogen and oxygen atoms in total. The maximum atomic E-state index is 6.19. The molecule has 0 aliphatic carbocycles. The second kappa shape index (κ2) is 10.5. The van der Waals surface area contributed by atoms with Crippen LogP contribution in [0.25, 0.3) is 0 Å². The van der Waals surface area contributed by atoms with Crippen LogP contribution in [0.2, 0.25) is 5.02 Å². The molecule has 0 spiro atoms. The number of hydrogen-bond acceptors (Lipinski definition) is 3. The van der Waals surface area contributed by atoms with E-state index in [1.165, 1.54) is 24.0 Å². The van der Waals surface area contributed by atoms with Crippen molar-refractivity contribution < 1.29 is 4.74 Å². The van der Waals surface area contributed by atoms with Gasteiger partial charge in [-0.3, -0.25) is 4.90 Å². The van der Waals surface area contributed by atoms with Gasteiger partial charge in [0.15, 0.2) is 0 Å². The van der Waals surface area contributed by atoms with Gasteiger partial charge in [0, 0.05) is 29.2 Å². The molecule has 2 aliphatic rings. The molecule has 0 radical (unpaired) electrons. The largest absolute Gasteiger partial charge is 0.492 e. The third kappa shape index (κ3) is 5.52. The maximum Gasteiger partial charge on any atom is 0.123 e. The van der Waals surface area contributed by atoms with E-state index in [1.807, 2.05) is 12.1 Å². The van der Waals surface area contributed by atoms with Gasteiger partial charge < -0.3 is 10.1 Å². The Morgan fingerprint density at radius 3 is 2.44 bits per heavy atom. The summed E-state index contributed by atoms with van der Waals surface area (Å²) in [5.41, 5.74) is 2.63. The van der Waals surface area contributed by atoms with E-state index in [1.54, 1.807) is 0 Å². The molecule has 0 unspecified atom stereocenters. The van der Waals surface area contributed by atoms with Gasteiger partial charge in [-0.2, -0.15) is 0 Å². The van der Waals surface area contributed by atoms with Crippen molar-refractivity contribution in [2.75, 3.05) is 19.7 Å². The smallest absolute Gasteiger partial charge is 0.123 e. The molecule has 1 N–H and O–H groups in total. The van der Waals surface area contributed by atoms with E-state index >= 15 is 0 Å². The summed E-state index contributed by atoms with van der Waals surface area (Å²) in [6.45, 7) is 3.93. The normalized spacial score (nSPS) is 20.4. The predicted molar refractivity (Wildman–Crippen MR) is 117 cm³/mol. The first-order valence-corrected chi connectivity index (χ1v) is 9.59. The zero-order valence-electron chi connectivity index (χ0n) is 15.3. The van der Waals surface area contributed by atoms with E-state index in [4.69, 9.17) is 16.3 Å². The van der Waals surface area contributed by atoms with Crippen LogP contribution in [-0.4, -0.2) is 36.7 Å². The quantitative estimate of drug-likeness (QED) is 0.762. The first-order valence-electron chi connectivity index (χ1n) is 9.21. The van der Waals surface area contributed by atoms with Crippen molar-refractivity contribution in [1.29, 1.82) is 0 Å². The summed E-state index contributed by atoms with van der Waals surface area (Å²) in [4.78, 5) is 2.68. The first kappa shape index (κ1) is 22.3. The number of benzene rings is 2. The monoisotopic (exact) mass is 428 g/mol. The number of fused-ring (bicyclic) bond motifs is 1. The molecule has 1 atom stereocenters. The molecule has 2 heterocycles. The number of nitrogens with one attached hydrogen (secondary N) is 1. The standard InChI is InChI=1S/C21H25ClN2O.2ClH/c22-18-7-5-16(6-8-18)13-20-15-25-21-4-2-1-3-17(21)14-24(20)19-9-11-23-12-10-19;;/h1-8,19-20,23H,9-15H2;2*1H/t20-;;/m0../s1. The zero-order valence-corrected chi connectivity index (χ0v) is 17.7. The van der Waals surface area contributed by atoms with Crippen LogP contribution in [0.15, 0.2) is 48.5 Å². The Morgan fingerprint density at radius 1 is 1.00 bits per heavy atom. The Bertz CT molecular complexity index is 705. The van der Waals surface area contributed by atoms with Gasteiger partial charge in [0.05, 0.1) is 0 Å². The van der Waals surface area contributed by atoms with Crippen LogP contribution >= 0.6 is 36.4 Å². The Labute approximate surface area is 179 Å². The summed E-state index contributed by atoms with van der Waals surface area (Å²) in [6, 6.07) is 17.7. The Kier molecular flexibility index (Phi) is 8.71. The molecule has 0 aromatic heterocycles. The highest BCUT2D eigenvalue weighted by molar-refractivity contribution is 6.30. The molecule has 0 saturated carbocycles. The van der Waals surface area contributed by atoms with E-state index in [0.717, 1.165) is 43.4 Å². The molecule has 27 heavy (non-hydrogen) atoms. The molecular formula is C21H27Cl3N2O. The van der Waals surface area contributed by atoms with Gasteiger partial charge in [-0.25, -0.2) is 0 Å². The van der Waals surface area contributed by atoms with E-state index < -0.39 is 0 Å². The molecule has 6 heteroatoms. The van der Waals surface area contributed by atoms with Crippen molar-refractivity contribution >= 4 is 36.4 Å². The number of rotatable bonds is 3. The van der Waals surface area contributed by atoms with Crippen LogP contribution in [0, 0.1) is 0 Å². The van der Waals surface area contributed by atoms with Crippen LogP contribution in [-0.2, 0) is 13.0 Å². The third-order valence-corrected chi connectivity index (χ3v) is 5.64. The third-order valence-electron chi connectivity index (χ3n) is 5.39. The summed E-state index contributed by atoms with van der Waals surface area (Å²) in [5.74, 6) is 1.04. The molecular weight excluding hydrogens is 403 g/mol. The molecule has 148 valence electrons.